The van der Waals surface area contributed by atoms with E-state index in [-0.39, 0.29) is 6.10 Å². The number of aliphatic hydroxyl groups excluding tert-OH is 1. The minimum Gasteiger partial charge on any atom is -0.388 e. The van der Waals surface area contributed by atoms with Crippen LogP contribution in [0.5, 0.6) is 0 Å². The lowest BCUT2D eigenvalue weighted by Crippen LogP contribution is -2.19. The molecule has 1 aliphatic carbocycles. The highest BCUT2D eigenvalue weighted by Gasteiger charge is 2.20. The first kappa shape index (κ1) is 11.1. The van der Waals surface area contributed by atoms with E-state index in [2.05, 4.69) is 21.2 Å². The Morgan fingerprint density at radius 1 is 1.33 bits per heavy atom. The Hall–Kier alpha value is -0.380. The molecule has 1 fully saturated rings. The van der Waals surface area contributed by atoms with E-state index in [1.54, 1.807) is 0 Å². The predicted octanol–water partition coefficient (Wildman–Crippen LogP) is 2.62. The van der Waals surface area contributed by atoms with Gasteiger partial charge in [-0.25, -0.2) is 0 Å². The van der Waals surface area contributed by atoms with Crippen molar-refractivity contribution in [1.82, 2.24) is 5.32 Å². The van der Waals surface area contributed by atoms with Crippen molar-refractivity contribution in [2.45, 2.75) is 31.4 Å². The van der Waals surface area contributed by atoms with Crippen LogP contribution in [0.2, 0.25) is 0 Å². The van der Waals surface area contributed by atoms with Gasteiger partial charge in [0.1, 0.15) is 0 Å². The third-order valence-corrected chi connectivity index (χ3v) is 3.21. The number of hydrogen-bond donors (Lipinski definition) is 2. The number of rotatable bonds is 5. The van der Waals surface area contributed by atoms with Gasteiger partial charge in [0.15, 0.2) is 0 Å². The fourth-order valence-corrected chi connectivity index (χ4v) is 1.83. The molecule has 1 aromatic carbocycles. The predicted molar refractivity (Wildman–Crippen MR) is 64.7 cm³/mol. The summed E-state index contributed by atoms with van der Waals surface area (Å²) in [7, 11) is 0. The van der Waals surface area contributed by atoms with Gasteiger partial charge in [0.05, 0.1) is 6.10 Å². The van der Waals surface area contributed by atoms with Crippen molar-refractivity contribution >= 4 is 15.9 Å². The summed E-state index contributed by atoms with van der Waals surface area (Å²) in [5, 5.41) is 13.3. The number of hydrogen-bond acceptors (Lipinski definition) is 2. The molecule has 0 aromatic heterocycles. The van der Waals surface area contributed by atoms with Crippen molar-refractivity contribution in [1.29, 1.82) is 0 Å². The van der Waals surface area contributed by atoms with Crippen molar-refractivity contribution in [2.24, 2.45) is 0 Å². The molecular weight excluding hydrogens is 254 g/mol. The summed E-state index contributed by atoms with van der Waals surface area (Å²) < 4.78 is 1.05. The lowest BCUT2D eigenvalue weighted by molar-refractivity contribution is 0.166. The summed E-state index contributed by atoms with van der Waals surface area (Å²) in [5.41, 5.74) is 0.996. The van der Waals surface area contributed by atoms with Crippen LogP contribution in [0.1, 0.15) is 30.9 Å². The fraction of sp³-hybridized carbons (Fsp3) is 0.500. The molecule has 1 saturated carbocycles. The van der Waals surface area contributed by atoms with Crippen LogP contribution in [0.3, 0.4) is 0 Å². The molecule has 0 heterocycles. The lowest BCUT2D eigenvalue weighted by atomic mass is 10.1. The third kappa shape index (κ3) is 3.59. The molecule has 2 rings (SSSR count). The van der Waals surface area contributed by atoms with Crippen molar-refractivity contribution in [3.8, 4) is 0 Å². The molecule has 0 aliphatic heterocycles. The second kappa shape index (κ2) is 5.10. The largest absolute Gasteiger partial charge is 0.388 e. The molecule has 1 aromatic rings. The lowest BCUT2D eigenvalue weighted by Gasteiger charge is -2.11. The van der Waals surface area contributed by atoms with Crippen LogP contribution in [0.25, 0.3) is 0 Å². The first-order valence-electron chi connectivity index (χ1n) is 5.42. The monoisotopic (exact) mass is 269 g/mol. The van der Waals surface area contributed by atoms with Crippen molar-refractivity contribution < 1.29 is 5.11 Å². The van der Waals surface area contributed by atoms with Gasteiger partial charge in [0.2, 0.25) is 0 Å². The van der Waals surface area contributed by atoms with Crippen LogP contribution in [0.4, 0.5) is 0 Å². The molecule has 15 heavy (non-hydrogen) atoms. The van der Waals surface area contributed by atoms with Gasteiger partial charge in [-0.1, -0.05) is 28.1 Å². The van der Waals surface area contributed by atoms with Crippen molar-refractivity contribution in [3.63, 3.8) is 0 Å². The molecule has 1 atom stereocenters. The molecule has 1 unspecified atom stereocenters. The van der Waals surface area contributed by atoms with Gasteiger partial charge in [0.25, 0.3) is 0 Å². The third-order valence-electron chi connectivity index (χ3n) is 2.68. The van der Waals surface area contributed by atoms with Gasteiger partial charge >= 0.3 is 0 Å². The van der Waals surface area contributed by atoms with E-state index in [0.29, 0.717) is 0 Å². The maximum absolute atomic E-state index is 9.89. The standard InChI is InChI=1S/C12H16BrNO/c13-10-3-1-9(2-4-10)12(15)7-8-14-11-5-6-11/h1-4,11-12,14-15H,5-8H2. The summed E-state index contributed by atoms with van der Waals surface area (Å²) in [6.07, 6.45) is 3.05. The first-order chi connectivity index (χ1) is 7.25. The van der Waals surface area contributed by atoms with Crippen LogP contribution in [-0.2, 0) is 0 Å². The zero-order valence-corrected chi connectivity index (χ0v) is 10.2. The van der Waals surface area contributed by atoms with Gasteiger partial charge in [-0.15, -0.1) is 0 Å². The Labute approximate surface area is 98.8 Å². The van der Waals surface area contributed by atoms with E-state index in [1.807, 2.05) is 24.3 Å². The number of aliphatic hydroxyl groups is 1. The number of benzene rings is 1. The van der Waals surface area contributed by atoms with Crippen molar-refractivity contribution in [3.05, 3.63) is 34.3 Å². The van der Waals surface area contributed by atoms with Crippen LogP contribution < -0.4 is 5.32 Å². The first-order valence-corrected chi connectivity index (χ1v) is 6.22. The molecule has 0 saturated heterocycles. The molecular formula is C12H16BrNO. The highest BCUT2D eigenvalue weighted by Crippen LogP contribution is 2.21. The molecule has 0 radical (unpaired) electrons. The van der Waals surface area contributed by atoms with E-state index >= 15 is 0 Å². The van der Waals surface area contributed by atoms with Crippen LogP contribution in [0, 0.1) is 0 Å². The SMILES string of the molecule is OC(CCNC1CC1)c1ccc(Br)cc1. The minimum atomic E-state index is -0.343. The molecule has 3 heteroatoms. The zero-order chi connectivity index (χ0) is 10.7. The van der Waals surface area contributed by atoms with Crippen molar-refractivity contribution in [2.75, 3.05) is 6.54 Å². The fourth-order valence-electron chi connectivity index (χ4n) is 1.56. The average molecular weight is 270 g/mol. The Bertz CT molecular complexity index is 308. The summed E-state index contributed by atoms with van der Waals surface area (Å²) in [4.78, 5) is 0. The number of nitrogens with one attached hydrogen (secondary N) is 1. The smallest absolute Gasteiger partial charge is 0.0802 e. The molecule has 2 nitrogen and oxygen atoms in total. The summed E-state index contributed by atoms with van der Waals surface area (Å²) >= 11 is 3.38. The van der Waals surface area contributed by atoms with E-state index in [9.17, 15) is 5.11 Å². The Balaban J connectivity index is 1.78. The Kier molecular flexibility index (Phi) is 3.78. The molecule has 2 N–H and O–H groups in total. The molecule has 82 valence electrons. The minimum absolute atomic E-state index is 0.343. The Morgan fingerprint density at radius 3 is 2.60 bits per heavy atom. The maximum Gasteiger partial charge on any atom is 0.0802 e. The molecule has 0 spiro atoms. The highest BCUT2D eigenvalue weighted by molar-refractivity contribution is 9.10. The van der Waals surface area contributed by atoms with Crippen LogP contribution in [0.15, 0.2) is 28.7 Å². The highest BCUT2D eigenvalue weighted by atomic mass is 79.9. The summed E-state index contributed by atoms with van der Waals surface area (Å²) in [6.45, 7) is 0.905. The van der Waals surface area contributed by atoms with E-state index in [4.69, 9.17) is 0 Å². The number of halogens is 1. The molecule has 0 bridgehead atoms. The zero-order valence-electron chi connectivity index (χ0n) is 8.62. The van der Waals surface area contributed by atoms with Gasteiger partial charge in [-0.05, 0) is 43.5 Å². The normalized spacial score (nSPS) is 17.7. The molecule has 0 amide bonds. The Morgan fingerprint density at radius 2 is 2.00 bits per heavy atom. The second-order valence-corrected chi connectivity index (χ2v) is 5.00. The second-order valence-electron chi connectivity index (χ2n) is 4.08. The van der Waals surface area contributed by atoms with E-state index in [1.165, 1.54) is 12.8 Å². The quantitative estimate of drug-likeness (QED) is 0.862. The van der Waals surface area contributed by atoms with Crippen LogP contribution >= 0.6 is 15.9 Å². The van der Waals surface area contributed by atoms with Crippen LogP contribution in [-0.4, -0.2) is 17.7 Å². The van der Waals surface area contributed by atoms with Gasteiger partial charge in [-0.2, -0.15) is 0 Å². The summed E-state index contributed by atoms with van der Waals surface area (Å²) in [6, 6.07) is 8.58. The summed E-state index contributed by atoms with van der Waals surface area (Å²) in [5.74, 6) is 0. The maximum atomic E-state index is 9.89. The topological polar surface area (TPSA) is 32.3 Å². The van der Waals surface area contributed by atoms with Gasteiger partial charge < -0.3 is 10.4 Å². The van der Waals surface area contributed by atoms with E-state index < -0.39 is 0 Å². The average Bonchev–Trinajstić information content (AvgIpc) is 3.02. The van der Waals surface area contributed by atoms with Gasteiger partial charge in [-0.3, -0.25) is 0 Å². The van der Waals surface area contributed by atoms with E-state index in [0.717, 1.165) is 29.0 Å². The molecule has 1 aliphatic rings. The van der Waals surface area contributed by atoms with Gasteiger partial charge in [0, 0.05) is 10.5 Å².